The topological polar surface area (TPSA) is 72.3 Å². The number of allylic oxidation sites excluding steroid dienone is 4. The lowest BCUT2D eigenvalue weighted by molar-refractivity contribution is 0.381. The Bertz CT molecular complexity index is 574. The highest BCUT2D eigenvalue weighted by Crippen LogP contribution is 2.32. The minimum Gasteiger partial charge on any atom is -0.271 e. The van der Waals surface area contributed by atoms with Crippen molar-refractivity contribution in [3.8, 4) is 0 Å². The van der Waals surface area contributed by atoms with E-state index in [0.29, 0.717) is 0 Å². The van der Waals surface area contributed by atoms with Crippen LogP contribution in [-0.2, 0) is 4.57 Å². The summed E-state index contributed by atoms with van der Waals surface area (Å²) in [5.74, 6) is 0. The molecule has 4 N–H and O–H groups in total. The zero-order chi connectivity index (χ0) is 30.1. The van der Waals surface area contributed by atoms with Crippen molar-refractivity contribution < 1.29 is 4.57 Å². The van der Waals surface area contributed by atoms with Crippen molar-refractivity contribution in [3.63, 3.8) is 0 Å². The molecule has 0 atom stereocenters. The third kappa shape index (κ3) is 32.3. The third-order valence-corrected chi connectivity index (χ3v) is 9.58. The van der Waals surface area contributed by atoms with Gasteiger partial charge >= 0.3 is 0 Å². The molecule has 244 valence electrons. The Balaban J connectivity index is 3.59. The van der Waals surface area contributed by atoms with Gasteiger partial charge in [-0.2, -0.15) is 0 Å². The Hall–Kier alpha value is -0.410. The van der Waals surface area contributed by atoms with Crippen LogP contribution >= 0.6 is 7.59 Å². The largest absolute Gasteiger partial charge is 0.276 e. The average molecular weight is 596 g/mol. The summed E-state index contributed by atoms with van der Waals surface area (Å²) in [6.45, 7) is 6.10. The van der Waals surface area contributed by atoms with Gasteiger partial charge in [0.05, 0.1) is 0 Å². The second-order valence-electron chi connectivity index (χ2n) is 12.5. The first kappa shape index (κ1) is 40.6. The summed E-state index contributed by atoms with van der Waals surface area (Å²) in [5, 5.41) is 0. The van der Waals surface area contributed by atoms with Gasteiger partial charge in [-0.15, -0.1) is 0 Å². The van der Waals surface area contributed by atoms with Gasteiger partial charge in [0.25, 0.3) is 7.59 Å². The van der Waals surface area contributed by atoms with Crippen LogP contribution in [0.25, 0.3) is 0 Å². The zero-order valence-corrected chi connectivity index (χ0v) is 28.9. The number of hydrogen-bond donors (Lipinski definition) is 2. The number of unbranched alkanes of at least 4 members (excludes halogenated alkanes) is 24. The molecular formula is C36H74N3OP. The summed E-state index contributed by atoms with van der Waals surface area (Å²) in [5.41, 5.74) is 11.7. The minimum atomic E-state index is -3.14. The highest BCUT2D eigenvalue weighted by atomic mass is 31.2. The van der Waals surface area contributed by atoms with Crippen LogP contribution in [0.5, 0.6) is 0 Å². The van der Waals surface area contributed by atoms with Crippen LogP contribution in [0, 0.1) is 0 Å². The molecule has 0 amide bonds. The maximum atomic E-state index is 12.4. The van der Waals surface area contributed by atoms with E-state index in [-0.39, 0.29) is 0 Å². The highest BCUT2D eigenvalue weighted by Gasteiger charge is 2.19. The molecule has 41 heavy (non-hydrogen) atoms. The van der Waals surface area contributed by atoms with Crippen molar-refractivity contribution in [2.75, 3.05) is 13.1 Å². The van der Waals surface area contributed by atoms with Gasteiger partial charge in [0, 0.05) is 13.1 Å². The Morgan fingerprint density at radius 3 is 0.927 bits per heavy atom. The molecule has 0 aliphatic heterocycles. The van der Waals surface area contributed by atoms with Crippen LogP contribution < -0.4 is 11.0 Å². The van der Waals surface area contributed by atoms with Crippen LogP contribution in [0.15, 0.2) is 24.3 Å². The van der Waals surface area contributed by atoms with E-state index >= 15 is 0 Å². The van der Waals surface area contributed by atoms with Crippen LogP contribution in [-0.4, -0.2) is 17.8 Å². The first-order valence-electron chi connectivity index (χ1n) is 18.2. The van der Waals surface area contributed by atoms with Crippen molar-refractivity contribution in [3.05, 3.63) is 24.3 Å². The van der Waals surface area contributed by atoms with Gasteiger partial charge in [-0.05, 0) is 64.2 Å². The van der Waals surface area contributed by atoms with Gasteiger partial charge < -0.3 is 0 Å². The molecule has 0 aliphatic rings. The second kappa shape index (κ2) is 32.5. The molecule has 0 unspecified atom stereocenters. The van der Waals surface area contributed by atoms with E-state index in [1.165, 1.54) is 167 Å². The summed E-state index contributed by atoms with van der Waals surface area (Å²) in [6.07, 6.45) is 45.9. The third-order valence-electron chi connectivity index (χ3n) is 8.30. The first-order valence-corrected chi connectivity index (χ1v) is 20.0. The molecule has 0 saturated heterocycles. The monoisotopic (exact) mass is 596 g/mol. The summed E-state index contributed by atoms with van der Waals surface area (Å²) < 4.78 is 14.2. The lowest BCUT2D eigenvalue weighted by Gasteiger charge is -2.25. The van der Waals surface area contributed by atoms with E-state index in [4.69, 9.17) is 11.0 Å². The van der Waals surface area contributed by atoms with Crippen LogP contribution in [0.3, 0.4) is 0 Å². The number of rotatable bonds is 33. The fraction of sp³-hybridized carbons (Fsp3) is 0.889. The number of nitrogens with zero attached hydrogens (tertiary/aromatic N) is 1. The number of nitrogens with two attached hydrogens (primary N) is 2. The van der Waals surface area contributed by atoms with E-state index < -0.39 is 7.59 Å². The zero-order valence-electron chi connectivity index (χ0n) is 28.0. The molecule has 0 spiro atoms. The maximum absolute atomic E-state index is 12.4. The first-order chi connectivity index (χ1) is 20.0. The molecule has 0 aliphatic carbocycles. The van der Waals surface area contributed by atoms with Gasteiger partial charge in [-0.3, -0.25) is 15.6 Å². The molecular weight excluding hydrogens is 521 g/mol. The van der Waals surface area contributed by atoms with E-state index in [2.05, 4.69) is 38.2 Å². The predicted molar refractivity (Wildman–Crippen MR) is 186 cm³/mol. The Morgan fingerprint density at radius 2 is 0.659 bits per heavy atom. The predicted octanol–water partition coefficient (Wildman–Crippen LogP) is 12.4. The summed E-state index contributed by atoms with van der Waals surface area (Å²) in [4.78, 5) is 0. The lowest BCUT2D eigenvalue weighted by atomic mass is 10.1. The van der Waals surface area contributed by atoms with Gasteiger partial charge in [0.1, 0.15) is 0 Å². The van der Waals surface area contributed by atoms with Gasteiger partial charge in [0.15, 0.2) is 0 Å². The maximum Gasteiger partial charge on any atom is 0.276 e. The molecule has 0 saturated carbocycles. The normalized spacial score (nSPS) is 12.5. The molecule has 0 bridgehead atoms. The van der Waals surface area contributed by atoms with Gasteiger partial charge in [-0.25, -0.2) is 4.67 Å². The SMILES string of the molecule is CCCCCCCCC=CCCCCCCCCN(CCCCCCCCC=CCCCCCCCC)P(N)(N)=O. The molecule has 0 fully saturated rings. The van der Waals surface area contributed by atoms with E-state index in [1.54, 1.807) is 0 Å². The smallest absolute Gasteiger partial charge is 0.271 e. The Morgan fingerprint density at radius 1 is 0.415 bits per heavy atom. The molecule has 0 aromatic rings. The van der Waals surface area contributed by atoms with Crippen molar-refractivity contribution >= 4 is 7.59 Å². The van der Waals surface area contributed by atoms with Crippen molar-refractivity contribution in [1.82, 2.24) is 4.67 Å². The molecule has 0 heterocycles. The molecule has 0 radical (unpaired) electrons. The lowest BCUT2D eigenvalue weighted by Crippen LogP contribution is -2.30. The van der Waals surface area contributed by atoms with Crippen LogP contribution in [0.4, 0.5) is 0 Å². The highest BCUT2D eigenvalue weighted by molar-refractivity contribution is 7.56. The minimum absolute atomic E-state index is 0.774. The van der Waals surface area contributed by atoms with Gasteiger partial charge in [0.2, 0.25) is 0 Å². The van der Waals surface area contributed by atoms with E-state index in [0.717, 1.165) is 25.9 Å². The molecule has 5 heteroatoms. The standard InChI is InChI=1S/C36H74N3OP/c1-3-5-7-9-11-13-15-17-19-21-23-25-27-29-31-33-35-39(41(37,38)40)36-34-32-30-28-26-24-22-20-18-16-14-12-10-8-6-4-2/h17-20H,3-16,21-36H2,1-2H3,(H4,37,38,40). The van der Waals surface area contributed by atoms with Crippen molar-refractivity contribution in [1.29, 1.82) is 0 Å². The molecule has 0 aromatic carbocycles. The Kier molecular flexibility index (Phi) is 32.2. The number of hydrogen-bond acceptors (Lipinski definition) is 1. The van der Waals surface area contributed by atoms with E-state index in [9.17, 15) is 4.57 Å². The molecule has 4 nitrogen and oxygen atoms in total. The van der Waals surface area contributed by atoms with Crippen molar-refractivity contribution in [2.45, 2.75) is 194 Å². The summed E-state index contributed by atoms with van der Waals surface area (Å²) in [7, 11) is -3.14. The van der Waals surface area contributed by atoms with Crippen LogP contribution in [0.2, 0.25) is 0 Å². The molecule has 0 rings (SSSR count). The average Bonchev–Trinajstić information content (AvgIpc) is 2.95. The fourth-order valence-electron chi connectivity index (χ4n) is 5.51. The van der Waals surface area contributed by atoms with E-state index in [1.807, 2.05) is 4.67 Å². The van der Waals surface area contributed by atoms with Crippen molar-refractivity contribution in [2.24, 2.45) is 11.0 Å². The molecule has 0 aromatic heterocycles. The summed E-state index contributed by atoms with van der Waals surface area (Å²) >= 11 is 0. The second-order valence-corrected chi connectivity index (χ2v) is 14.4. The van der Waals surface area contributed by atoms with Gasteiger partial charge in [-0.1, -0.05) is 154 Å². The quantitative estimate of drug-likeness (QED) is 0.0449. The summed E-state index contributed by atoms with van der Waals surface area (Å²) in [6, 6.07) is 0. The Labute approximate surface area is 258 Å². The van der Waals surface area contributed by atoms with Crippen LogP contribution in [0.1, 0.15) is 194 Å². The fourth-order valence-corrected chi connectivity index (χ4v) is 6.42.